The molecule has 312 valence electrons. The molecule has 12 N–H and O–H groups in total. The number of carbonyl (C=O) groups is 5. The van der Waals surface area contributed by atoms with E-state index in [9.17, 15) is 85.3 Å². The van der Waals surface area contributed by atoms with Crippen molar-refractivity contribution < 1.29 is 114 Å². The van der Waals surface area contributed by atoms with Crippen molar-refractivity contribution in [3.05, 3.63) is 70.8 Å². The average Bonchev–Trinajstić information content (AvgIpc) is 3.17. The molecule has 1 aliphatic heterocycles. The molecule has 0 bridgehead atoms. The summed E-state index contributed by atoms with van der Waals surface area (Å²) in [6.07, 6.45) is -11.1. The third kappa shape index (κ3) is 8.94. The molecule has 2 unspecified atom stereocenters. The number of benzene rings is 4. The first kappa shape index (κ1) is 41.9. The minimum absolute atomic E-state index is 0.587. The van der Waals surface area contributed by atoms with Crippen LogP contribution in [0.15, 0.2) is 48.5 Å². The molecule has 1 aliphatic rings. The molecule has 23 heteroatoms. The van der Waals surface area contributed by atoms with Gasteiger partial charge in [0, 0.05) is 6.92 Å². The summed E-state index contributed by atoms with van der Waals surface area (Å²) in [6, 6.07) is 4.94. The van der Waals surface area contributed by atoms with Gasteiger partial charge in [-0.15, -0.1) is 0 Å². The van der Waals surface area contributed by atoms with Crippen molar-refractivity contribution in [2.45, 2.75) is 37.6 Å². The Morgan fingerprint density at radius 1 is 0.441 bits per heavy atom. The SMILES string of the molecule is CC(=O)O[C@H]1O[C@@H](COC(=O)c2cc(O)c(O)c(O)c2)C(OC(=O)c2cc(O)c(O)c(O)c2)C(OC(=O)c2cc(O)c(O)c(O)c2)[C@@H]1OC(=O)c1cc(O)c(O)c(O)c1. The lowest BCUT2D eigenvalue weighted by Gasteiger charge is -2.43. The Morgan fingerprint density at radius 2 is 0.729 bits per heavy atom. The lowest BCUT2D eigenvalue weighted by atomic mass is 9.97. The van der Waals surface area contributed by atoms with Crippen LogP contribution >= 0.6 is 0 Å². The van der Waals surface area contributed by atoms with Crippen molar-refractivity contribution in [3.63, 3.8) is 0 Å². The predicted molar refractivity (Wildman–Crippen MR) is 184 cm³/mol. The van der Waals surface area contributed by atoms with Crippen molar-refractivity contribution in [2.75, 3.05) is 6.61 Å². The van der Waals surface area contributed by atoms with E-state index in [4.69, 9.17) is 28.4 Å². The first-order valence-corrected chi connectivity index (χ1v) is 16.3. The number of phenols is 12. The van der Waals surface area contributed by atoms with Gasteiger partial charge in [0.05, 0.1) is 22.3 Å². The normalized spacial score (nSPS) is 18.6. The molecule has 1 saturated heterocycles. The molecule has 23 nitrogen and oxygen atoms in total. The quantitative estimate of drug-likeness (QED) is 0.0608. The zero-order valence-electron chi connectivity index (χ0n) is 29.6. The van der Waals surface area contributed by atoms with Crippen LogP contribution in [-0.4, -0.2) is 128 Å². The maximum absolute atomic E-state index is 13.7. The summed E-state index contributed by atoms with van der Waals surface area (Å²) in [4.78, 5) is 66.2. The summed E-state index contributed by atoms with van der Waals surface area (Å²) < 4.78 is 32.7. The van der Waals surface area contributed by atoms with E-state index in [1.54, 1.807) is 0 Å². The van der Waals surface area contributed by atoms with Crippen molar-refractivity contribution in [2.24, 2.45) is 0 Å². The highest BCUT2D eigenvalue weighted by Crippen LogP contribution is 2.40. The predicted octanol–water partition coefficient (Wildman–Crippen LogP) is 1.28. The zero-order chi connectivity index (χ0) is 43.6. The number of rotatable bonds is 10. The Bertz CT molecular complexity index is 2260. The van der Waals surface area contributed by atoms with E-state index in [1.165, 1.54) is 0 Å². The van der Waals surface area contributed by atoms with E-state index in [0.29, 0.717) is 48.5 Å². The molecule has 0 spiro atoms. The van der Waals surface area contributed by atoms with Gasteiger partial charge in [-0.05, 0) is 48.5 Å². The molecule has 0 aromatic heterocycles. The van der Waals surface area contributed by atoms with Crippen molar-refractivity contribution >= 4 is 29.8 Å². The Morgan fingerprint density at radius 3 is 1.05 bits per heavy atom. The van der Waals surface area contributed by atoms with Crippen molar-refractivity contribution in [1.82, 2.24) is 0 Å². The molecule has 1 fully saturated rings. The van der Waals surface area contributed by atoms with E-state index in [1.807, 2.05) is 0 Å². The second kappa shape index (κ2) is 16.5. The molecule has 0 radical (unpaired) electrons. The fraction of sp³-hybridized carbons (Fsp3) is 0.194. The molecular weight excluding hydrogens is 800 g/mol. The molecule has 5 atom stereocenters. The first-order chi connectivity index (χ1) is 27.7. The summed E-state index contributed by atoms with van der Waals surface area (Å²) >= 11 is 0. The van der Waals surface area contributed by atoms with Gasteiger partial charge in [-0.1, -0.05) is 0 Å². The summed E-state index contributed by atoms with van der Waals surface area (Å²) in [5.41, 5.74) is -2.75. The van der Waals surface area contributed by atoms with Gasteiger partial charge in [0.2, 0.25) is 12.4 Å². The molecular formula is C36H30O23. The third-order valence-electron chi connectivity index (χ3n) is 8.20. The van der Waals surface area contributed by atoms with Gasteiger partial charge < -0.3 is 89.7 Å². The highest BCUT2D eigenvalue weighted by atomic mass is 16.7. The Kier molecular flexibility index (Phi) is 11.7. The molecule has 0 amide bonds. The van der Waals surface area contributed by atoms with Crippen molar-refractivity contribution in [1.29, 1.82) is 0 Å². The summed E-state index contributed by atoms with van der Waals surface area (Å²) in [7, 11) is 0. The standard InChI is InChI=1S/C36H30O23/c1-11(37)55-36-31(59-35(53)15-8-22(44)28(49)23(45)9-15)30(58-34(52)14-6-20(42)27(48)21(43)7-14)29(57-33(51)13-4-18(40)26(47)19(41)5-13)24(56-36)10-54-32(50)12-2-16(38)25(46)17(39)3-12/h2-9,24,29-31,36,38-49H,10H2,1H3/t24-,29?,30?,31-,36-/m0/s1. The zero-order valence-corrected chi connectivity index (χ0v) is 29.6. The van der Waals surface area contributed by atoms with Crippen LogP contribution in [0.4, 0.5) is 0 Å². The highest BCUT2D eigenvalue weighted by molar-refractivity contribution is 5.93. The third-order valence-corrected chi connectivity index (χ3v) is 8.20. The summed E-state index contributed by atoms with van der Waals surface area (Å²) in [5.74, 6) is -19.6. The Hall–Kier alpha value is -8.21. The van der Waals surface area contributed by atoms with Crippen LogP contribution in [0.5, 0.6) is 69.0 Å². The van der Waals surface area contributed by atoms with Gasteiger partial charge in [0.15, 0.2) is 81.2 Å². The van der Waals surface area contributed by atoms with E-state index in [0.717, 1.165) is 6.92 Å². The molecule has 4 aromatic carbocycles. The largest absolute Gasteiger partial charge is 0.504 e. The van der Waals surface area contributed by atoms with Crippen LogP contribution in [0, 0.1) is 0 Å². The minimum Gasteiger partial charge on any atom is -0.504 e. The van der Waals surface area contributed by atoms with E-state index >= 15 is 0 Å². The van der Waals surface area contributed by atoms with Crippen LogP contribution in [0.3, 0.4) is 0 Å². The van der Waals surface area contributed by atoms with Crippen LogP contribution in [0.1, 0.15) is 48.4 Å². The first-order valence-electron chi connectivity index (χ1n) is 16.3. The molecule has 59 heavy (non-hydrogen) atoms. The monoisotopic (exact) mass is 830 g/mol. The molecule has 5 rings (SSSR count). The molecule has 4 aromatic rings. The van der Waals surface area contributed by atoms with Crippen LogP contribution < -0.4 is 0 Å². The number of hydrogen-bond acceptors (Lipinski definition) is 23. The second-order valence-electron chi connectivity index (χ2n) is 12.3. The number of aromatic hydroxyl groups is 12. The number of ether oxygens (including phenoxy) is 6. The van der Waals surface area contributed by atoms with Crippen LogP contribution in [0.25, 0.3) is 0 Å². The van der Waals surface area contributed by atoms with E-state index < -0.39 is 158 Å². The second-order valence-corrected chi connectivity index (χ2v) is 12.3. The van der Waals surface area contributed by atoms with E-state index in [-0.39, 0.29) is 0 Å². The lowest BCUT2D eigenvalue weighted by molar-refractivity contribution is -0.289. The maximum Gasteiger partial charge on any atom is 0.339 e. The van der Waals surface area contributed by atoms with E-state index in [2.05, 4.69) is 0 Å². The lowest BCUT2D eigenvalue weighted by Crippen LogP contribution is -2.63. The van der Waals surface area contributed by atoms with Gasteiger partial charge in [0.25, 0.3) is 0 Å². The van der Waals surface area contributed by atoms with Crippen LogP contribution in [-0.2, 0) is 33.2 Å². The van der Waals surface area contributed by atoms with Gasteiger partial charge in [-0.3, -0.25) is 4.79 Å². The fourth-order valence-corrected chi connectivity index (χ4v) is 5.38. The number of esters is 5. The van der Waals surface area contributed by atoms with Crippen molar-refractivity contribution in [3.8, 4) is 69.0 Å². The van der Waals surface area contributed by atoms with Gasteiger partial charge >= 0.3 is 29.8 Å². The fourth-order valence-electron chi connectivity index (χ4n) is 5.38. The number of hydrogen-bond donors (Lipinski definition) is 12. The number of carbonyl (C=O) groups excluding carboxylic acids is 5. The smallest absolute Gasteiger partial charge is 0.339 e. The minimum atomic E-state index is -2.34. The number of phenolic OH excluding ortho intramolecular Hbond substituents is 12. The molecule has 1 heterocycles. The summed E-state index contributed by atoms with van der Waals surface area (Å²) in [6.45, 7) is -0.284. The van der Waals surface area contributed by atoms with Gasteiger partial charge in [-0.25, -0.2) is 19.2 Å². The Labute approximate surface area is 327 Å². The average molecular weight is 831 g/mol. The molecule has 0 saturated carbocycles. The van der Waals surface area contributed by atoms with Gasteiger partial charge in [-0.2, -0.15) is 0 Å². The van der Waals surface area contributed by atoms with Gasteiger partial charge in [0.1, 0.15) is 12.7 Å². The highest BCUT2D eigenvalue weighted by Gasteiger charge is 2.54. The summed E-state index contributed by atoms with van der Waals surface area (Å²) in [5, 5.41) is 119. The maximum atomic E-state index is 13.7. The Balaban J connectivity index is 1.64. The van der Waals surface area contributed by atoms with Crippen LogP contribution in [0.2, 0.25) is 0 Å². The topological polar surface area (TPSA) is 383 Å². The molecule has 0 aliphatic carbocycles.